The smallest absolute Gasteiger partial charge is 0.321 e. The van der Waals surface area contributed by atoms with Crippen LogP contribution in [0.3, 0.4) is 0 Å². The van der Waals surface area contributed by atoms with Gasteiger partial charge < -0.3 is 19.5 Å². The zero-order valence-electron chi connectivity index (χ0n) is 18.0. The summed E-state index contributed by atoms with van der Waals surface area (Å²) in [6.45, 7) is 1.17. The highest BCUT2D eigenvalue weighted by Gasteiger charge is 2.28. The molecule has 2 aromatic carbocycles. The predicted octanol–water partition coefficient (Wildman–Crippen LogP) is 5.36. The molecule has 2 amide bonds. The van der Waals surface area contributed by atoms with Gasteiger partial charge in [-0.1, -0.05) is 47.1 Å². The molecule has 1 N–H and O–H groups in total. The van der Waals surface area contributed by atoms with Gasteiger partial charge in [0.25, 0.3) is 0 Å². The average Bonchev–Trinajstić information content (AvgIpc) is 3.35. The van der Waals surface area contributed by atoms with E-state index in [-0.39, 0.29) is 11.9 Å². The normalized spacial score (nSPS) is 14.4. The van der Waals surface area contributed by atoms with E-state index in [4.69, 9.17) is 20.9 Å². The second kappa shape index (κ2) is 9.07. The molecule has 3 heterocycles. The number of piperidine rings is 1. The highest BCUT2D eigenvalue weighted by atomic mass is 35.5. The largest absolute Gasteiger partial charge is 0.494 e. The van der Waals surface area contributed by atoms with E-state index in [1.54, 1.807) is 24.1 Å². The Morgan fingerprint density at radius 1 is 1.09 bits per heavy atom. The second-order valence-corrected chi connectivity index (χ2v) is 8.26. The summed E-state index contributed by atoms with van der Waals surface area (Å²) in [5.41, 5.74) is 1.98. The lowest BCUT2D eigenvalue weighted by Gasteiger charge is -2.30. The highest BCUT2D eigenvalue weighted by Crippen LogP contribution is 2.30. The first kappa shape index (κ1) is 21.2. The van der Waals surface area contributed by atoms with Crippen LogP contribution in [0.25, 0.3) is 22.4 Å². The number of para-hydroxylation sites is 2. The number of amides is 2. The Bertz CT molecular complexity index is 1300. The Morgan fingerprint density at radius 2 is 1.91 bits per heavy atom. The first-order valence-corrected chi connectivity index (χ1v) is 11.1. The van der Waals surface area contributed by atoms with Crippen molar-refractivity contribution in [1.29, 1.82) is 0 Å². The molecule has 0 spiro atoms. The van der Waals surface area contributed by atoms with Crippen molar-refractivity contribution in [1.82, 2.24) is 20.0 Å². The zero-order valence-corrected chi connectivity index (χ0v) is 18.7. The number of benzene rings is 2. The van der Waals surface area contributed by atoms with Crippen molar-refractivity contribution in [2.24, 2.45) is 0 Å². The van der Waals surface area contributed by atoms with Gasteiger partial charge in [0.15, 0.2) is 0 Å². The monoisotopic (exact) mass is 463 g/mol. The Labute approximate surface area is 195 Å². The molecule has 2 aromatic heterocycles. The summed E-state index contributed by atoms with van der Waals surface area (Å²) in [6, 6.07) is 16.6. The van der Waals surface area contributed by atoms with Crippen molar-refractivity contribution >= 4 is 34.2 Å². The first-order chi connectivity index (χ1) is 16.1. The molecule has 0 bridgehead atoms. The van der Waals surface area contributed by atoms with Crippen molar-refractivity contribution in [3.05, 3.63) is 65.5 Å². The number of carbonyl (C=O) groups excluding carboxylic acids is 1. The Balaban J connectivity index is 1.26. The van der Waals surface area contributed by atoms with Crippen LogP contribution in [-0.4, -0.2) is 46.3 Å². The van der Waals surface area contributed by atoms with Crippen LogP contribution in [0.5, 0.6) is 5.75 Å². The average molecular weight is 464 g/mol. The standard InChI is InChI=1S/C24H22ClN5O3/c1-32-20-8-4-5-15-9-10-19(26-21(15)20)22-28-23(33-29-22)16-11-13-30(14-12-16)24(31)27-18-7-3-2-6-17(18)25/h2-10,16H,11-14H2,1H3,(H,27,31). The summed E-state index contributed by atoms with van der Waals surface area (Å²) in [5, 5.41) is 8.50. The molecule has 5 rings (SSSR count). The molecule has 9 heteroatoms. The van der Waals surface area contributed by atoms with Gasteiger partial charge in [-0.2, -0.15) is 4.98 Å². The van der Waals surface area contributed by atoms with Gasteiger partial charge in [0.05, 0.1) is 17.8 Å². The lowest BCUT2D eigenvalue weighted by Crippen LogP contribution is -2.40. The van der Waals surface area contributed by atoms with Crippen molar-refractivity contribution in [2.75, 3.05) is 25.5 Å². The molecule has 33 heavy (non-hydrogen) atoms. The number of fused-ring (bicyclic) bond motifs is 1. The summed E-state index contributed by atoms with van der Waals surface area (Å²) in [5.74, 6) is 1.79. The van der Waals surface area contributed by atoms with Gasteiger partial charge in [-0.15, -0.1) is 0 Å². The molecular formula is C24H22ClN5O3. The maximum atomic E-state index is 12.6. The van der Waals surface area contributed by atoms with E-state index < -0.39 is 0 Å². The lowest BCUT2D eigenvalue weighted by molar-refractivity contribution is 0.187. The van der Waals surface area contributed by atoms with Crippen LogP contribution in [0, 0.1) is 0 Å². The Hall–Kier alpha value is -3.65. The second-order valence-electron chi connectivity index (χ2n) is 7.86. The van der Waals surface area contributed by atoms with Gasteiger partial charge in [0, 0.05) is 24.4 Å². The maximum absolute atomic E-state index is 12.6. The highest BCUT2D eigenvalue weighted by molar-refractivity contribution is 6.33. The summed E-state index contributed by atoms with van der Waals surface area (Å²) < 4.78 is 11.0. The Kier molecular flexibility index (Phi) is 5.83. The molecule has 0 atom stereocenters. The summed E-state index contributed by atoms with van der Waals surface area (Å²) in [6.07, 6.45) is 1.47. The lowest BCUT2D eigenvalue weighted by atomic mass is 9.97. The number of hydrogen-bond acceptors (Lipinski definition) is 6. The number of pyridine rings is 1. The molecule has 1 saturated heterocycles. The number of nitrogens with one attached hydrogen (secondary N) is 1. The number of anilines is 1. The van der Waals surface area contributed by atoms with Crippen molar-refractivity contribution in [2.45, 2.75) is 18.8 Å². The third-order valence-electron chi connectivity index (χ3n) is 5.82. The van der Waals surface area contributed by atoms with E-state index in [9.17, 15) is 4.79 Å². The van der Waals surface area contributed by atoms with Gasteiger partial charge in [-0.3, -0.25) is 0 Å². The molecule has 168 valence electrons. The van der Waals surface area contributed by atoms with E-state index in [1.807, 2.05) is 42.5 Å². The number of nitrogens with zero attached hydrogens (tertiary/aromatic N) is 4. The molecule has 1 aliphatic rings. The van der Waals surface area contributed by atoms with Crippen molar-refractivity contribution < 1.29 is 14.1 Å². The molecule has 0 aliphatic carbocycles. The van der Waals surface area contributed by atoms with Gasteiger partial charge in [0.1, 0.15) is 17.0 Å². The summed E-state index contributed by atoms with van der Waals surface area (Å²) in [4.78, 5) is 23.6. The number of ether oxygens (including phenoxy) is 1. The molecule has 4 aromatic rings. The minimum Gasteiger partial charge on any atom is -0.494 e. The fourth-order valence-electron chi connectivity index (χ4n) is 4.00. The predicted molar refractivity (Wildman–Crippen MR) is 126 cm³/mol. The number of methoxy groups -OCH3 is 1. The number of rotatable bonds is 4. The van der Waals surface area contributed by atoms with Gasteiger partial charge in [-0.25, -0.2) is 9.78 Å². The summed E-state index contributed by atoms with van der Waals surface area (Å²) >= 11 is 6.14. The zero-order chi connectivity index (χ0) is 22.8. The van der Waals surface area contributed by atoms with E-state index in [0.29, 0.717) is 47.0 Å². The fourth-order valence-corrected chi connectivity index (χ4v) is 4.18. The molecule has 0 unspecified atom stereocenters. The number of urea groups is 1. The number of aromatic nitrogens is 3. The van der Waals surface area contributed by atoms with Crippen molar-refractivity contribution in [3.63, 3.8) is 0 Å². The van der Waals surface area contributed by atoms with Gasteiger partial charge >= 0.3 is 6.03 Å². The molecular weight excluding hydrogens is 442 g/mol. The van der Waals surface area contributed by atoms with Crippen LogP contribution in [0.2, 0.25) is 5.02 Å². The topological polar surface area (TPSA) is 93.4 Å². The quantitative estimate of drug-likeness (QED) is 0.438. The molecule has 0 saturated carbocycles. The number of hydrogen-bond donors (Lipinski definition) is 1. The summed E-state index contributed by atoms with van der Waals surface area (Å²) in [7, 11) is 1.62. The van der Waals surface area contributed by atoms with Gasteiger partial charge in [-0.05, 0) is 37.1 Å². The minimum absolute atomic E-state index is 0.0885. The third kappa shape index (κ3) is 4.34. The number of likely N-dealkylation sites (tertiary alicyclic amines) is 1. The Morgan fingerprint density at radius 3 is 2.70 bits per heavy atom. The van der Waals surface area contributed by atoms with E-state index in [2.05, 4.69) is 20.4 Å². The van der Waals surface area contributed by atoms with Crippen LogP contribution in [0.1, 0.15) is 24.7 Å². The van der Waals surface area contributed by atoms with E-state index in [1.165, 1.54) is 0 Å². The third-order valence-corrected chi connectivity index (χ3v) is 6.15. The first-order valence-electron chi connectivity index (χ1n) is 10.7. The van der Waals surface area contributed by atoms with Crippen molar-refractivity contribution in [3.8, 4) is 17.3 Å². The molecule has 1 aliphatic heterocycles. The maximum Gasteiger partial charge on any atom is 0.321 e. The van der Waals surface area contributed by atoms with Crippen LogP contribution >= 0.6 is 11.6 Å². The van der Waals surface area contributed by atoms with Crippen LogP contribution in [0.15, 0.2) is 59.1 Å². The number of halogens is 1. The molecule has 1 fully saturated rings. The van der Waals surface area contributed by atoms with E-state index in [0.717, 1.165) is 23.7 Å². The number of carbonyl (C=O) groups is 1. The molecule has 0 radical (unpaired) electrons. The fraction of sp³-hybridized carbons (Fsp3) is 0.250. The minimum atomic E-state index is -0.165. The van der Waals surface area contributed by atoms with Crippen LogP contribution in [-0.2, 0) is 0 Å². The SMILES string of the molecule is COc1cccc2ccc(-c3noc(C4CCN(C(=O)Nc5ccccc5Cl)CC4)n3)nc12. The van der Waals surface area contributed by atoms with E-state index >= 15 is 0 Å². The van der Waals surface area contributed by atoms with Gasteiger partial charge in [0.2, 0.25) is 11.7 Å². The molecule has 8 nitrogen and oxygen atoms in total. The van der Waals surface area contributed by atoms with Crippen LogP contribution < -0.4 is 10.1 Å². The van der Waals surface area contributed by atoms with Crippen LogP contribution in [0.4, 0.5) is 10.5 Å².